The molecule has 2 rings (SSSR count). The van der Waals surface area contributed by atoms with Crippen molar-refractivity contribution in [2.24, 2.45) is 11.7 Å². The van der Waals surface area contributed by atoms with Crippen LogP contribution in [-0.2, 0) is 6.54 Å². The van der Waals surface area contributed by atoms with Gasteiger partial charge in [-0.15, -0.1) is 12.4 Å². The highest BCUT2D eigenvalue weighted by molar-refractivity contribution is 5.85. The van der Waals surface area contributed by atoms with Gasteiger partial charge in [-0.3, -0.25) is 4.90 Å². The molecule has 0 radical (unpaired) electrons. The molecule has 1 aromatic carbocycles. The molecule has 3 nitrogen and oxygen atoms in total. The molecular formula is C14H23ClN2O. The molecule has 0 aromatic heterocycles. The highest BCUT2D eigenvalue weighted by atomic mass is 35.5. The zero-order valence-corrected chi connectivity index (χ0v) is 12.2. The quantitative estimate of drug-likeness (QED) is 0.915. The zero-order valence-electron chi connectivity index (χ0n) is 11.3. The summed E-state index contributed by atoms with van der Waals surface area (Å²) in [5.74, 6) is 1.56. The Balaban J connectivity index is 0.00000162. The van der Waals surface area contributed by atoms with E-state index in [2.05, 4.69) is 30.9 Å². The fourth-order valence-corrected chi connectivity index (χ4v) is 2.52. The first-order chi connectivity index (χ1) is 8.10. The van der Waals surface area contributed by atoms with Crippen LogP contribution in [0.4, 0.5) is 0 Å². The lowest BCUT2D eigenvalue weighted by Crippen LogP contribution is -2.28. The van der Waals surface area contributed by atoms with E-state index >= 15 is 0 Å². The first-order valence-electron chi connectivity index (χ1n) is 6.21. The molecule has 18 heavy (non-hydrogen) atoms. The van der Waals surface area contributed by atoms with Crippen LogP contribution in [0, 0.1) is 12.8 Å². The van der Waals surface area contributed by atoms with Gasteiger partial charge in [0, 0.05) is 25.7 Å². The number of likely N-dealkylation sites (tertiary alicyclic amines) is 1. The number of nitrogens with zero attached hydrogens (tertiary/aromatic N) is 1. The maximum atomic E-state index is 6.04. The van der Waals surface area contributed by atoms with E-state index in [1.54, 1.807) is 7.11 Å². The van der Waals surface area contributed by atoms with Crippen LogP contribution in [0.3, 0.4) is 0 Å². The monoisotopic (exact) mass is 270 g/mol. The Morgan fingerprint density at radius 2 is 2.11 bits per heavy atom. The van der Waals surface area contributed by atoms with E-state index < -0.39 is 0 Å². The molecule has 4 heteroatoms. The standard InChI is InChI=1S/C14H22N2O.ClH/c1-10-6-12(4-5-14(10)17-3)8-16-7-11(2)13(15)9-16;/h4-6,11,13H,7-9,15H2,1-3H3;1H. The predicted molar refractivity (Wildman–Crippen MR) is 77.4 cm³/mol. The Hall–Kier alpha value is -0.770. The maximum absolute atomic E-state index is 6.04. The predicted octanol–water partition coefficient (Wildman–Crippen LogP) is 2.20. The first-order valence-corrected chi connectivity index (χ1v) is 6.21. The minimum atomic E-state index is 0. The van der Waals surface area contributed by atoms with Crippen LogP contribution in [0.5, 0.6) is 5.75 Å². The number of hydrogen-bond donors (Lipinski definition) is 1. The molecule has 1 aliphatic heterocycles. The number of benzene rings is 1. The van der Waals surface area contributed by atoms with Crippen LogP contribution in [0.25, 0.3) is 0 Å². The first kappa shape index (κ1) is 15.3. The average molecular weight is 271 g/mol. The smallest absolute Gasteiger partial charge is 0.121 e. The number of nitrogens with two attached hydrogens (primary N) is 1. The molecule has 0 spiro atoms. The minimum absolute atomic E-state index is 0. The van der Waals surface area contributed by atoms with Crippen molar-refractivity contribution in [1.29, 1.82) is 0 Å². The molecule has 0 aliphatic carbocycles. The van der Waals surface area contributed by atoms with Crippen LogP contribution < -0.4 is 10.5 Å². The number of hydrogen-bond acceptors (Lipinski definition) is 3. The average Bonchev–Trinajstić information content (AvgIpc) is 2.58. The van der Waals surface area contributed by atoms with Gasteiger partial charge in [0.2, 0.25) is 0 Å². The third-order valence-electron chi connectivity index (χ3n) is 3.61. The summed E-state index contributed by atoms with van der Waals surface area (Å²) in [4.78, 5) is 2.43. The molecule has 1 aromatic rings. The van der Waals surface area contributed by atoms with Gasteiger partial charge < -0.3 is 10.5 Å². The minimum Gasteiger partial charge on any atom is -0.496 e. The summed E-state index contributed by atoms with van der Waals surface area (Å²) in [5, 5.41) is 0. The van der Waals surface area contributed by atoms with Crippen LogP contribution in [0.1, 0.15) is 18.1 Å². The molecule has 102 valence electrons. The van der Waals surface area contributed by atoms with Crippen LogP contribution >= 0.6 is 12.4 Å². The molecule has 0 amide bonds. The summed E-state index contributed by atoms with van der Waals surface area (Å²) in [5.41, 5.74) is 8.57. The van der Waals surface area contributed by atoms with E-state index in [1.165, 1.54) is 11.1 Å². The third kappa shape index (κ3) is 3.37. The van der Waals surface area contributed by atoms with Gasteiger partial charge >= 0.3 is 0 Å². The van der Waals surface area contributed by atoms with Crippen molar-refractivity contribution in [3.05, 3.63) is 29.3 Å². The number of rotatable bonds is 3. The normalized spacial score (nSPS) is 23.8. The van der Waals surface area contributed by atoms with E-state index in [0.29, 0.717) is 12.0 Å². The molecule has 2 atom stereocenters. The summed E-state index contributed by atoms with van der Waals surface area (Å²) in [6, 6.07) is 6.71. The number of halogens is 1. The highest BCUT2D eigenvalue weighted by Crippen LogP contribution is 2.21. The van der Waals surface area contributed by atoms with E-state index in [4.69, 9.17) is 10.5 Å². The zero-order chi connectivity index (χ0) is 12.4. The summed E-state index contributed by atoms with van der Waals surface area (Å²) in [7, 11) is 1.71. The largest absolute Gasteiger partial charge is 0.496 e. The van der Waals surface area contributed by atoms with Gasteiger partial charge in [0.15, 0.2) is 0 Å². The van der Waals surface area contributed by atoms with Crippen LogP contribution in [0.2, 0.25) is 0 Å². The summed E-state index contributed by atoms with van der Waals surface area (Å²) < 4.78 is 5.27. The van der Waals surface area contributed by atoms with Gasteiger partial charge in [-0.05, 0) is 30.0 Å². The van der Waals surface area contributed by atoms with Gasteiger partial charge in [0.25, 0.3) is 0 Å². The summed E-state index contributed by atoms with van der Waals surface area (Å²) in [6.07, 6.45) is 0. The summed E-state index contributed by atoms with van der Waals surface area (Å²) >= 11 is 0. The van der Waals surface area contributed by atoms with Crippen molar-refractivity contribution in [2.75, 3.05) is 20.2 Å². The van der Waals surface area contributed by atoms with Crippen molar-refractivity contribution < 1.29 is 4.74 Å². The van der Waals surface area contributed by atoms with Gasteiger partial charge in [-0.1, -0.05) is 19.1 Å². The molecule has 1 fully saturated rings. The van der Waals surface area contributed by atoms with E-state index in [0.717, 1.165) is 25.4 Å². The van der Waals surface area contributed by atoms with E-state index in [-0.39, 0.29) is 12.4 Å². The number of aryl methyl sites for hydroxylation is 1. The lowest BCUT2D eigenvalue weighted by atomic mass is 10.1. The maximum Gasteiger partial charge on any atom is 0.121 e. The lowest BCUT2D eigenvalue weighted by molar-refractivity contribution is 0.318. The highest BCUT2D eigenvalue weighted by Gasteiger charge is 2.26. The van der Waals surface area contributed by atoms with Gasteiger partial charge in [0.1, 0.15) is 5.75 Å². The Labute approximate surface area is 116 Å². The van der Waals surface area contributed by atoms with Crippen molar-refractivity contribution in [1.82, 2.24) is 4.90 Å². The molecule has 1 saturated heterocycles. The molecular weight excluding hydrogens is 248 g/mol. The lowest BCUT2D eigenvalue weighted by Gasteiger charge is -2.16. The Bertz CT molecular complexity index is 387. The SMILES string of the molecule is COc1ccc(CN2CC(C)C(N)C2)cc1C.Cl. The van der Waals surface area contributed by atoms with Gasteiger partial charge in [-0.2, -0.15) is 0 Å². The molecule has 2 unspecified atom stereocenters. The van der Waals surface area contributed by atoms with Crippen molar-refractivity contribution in [3.8, 4) is 5.75 Å². The fourth-order valence-electron chi connectivity index (χ4n) is 2.52. The number of ether oxygens (including phenoxy) is 1. The third-order valence-corrected chi connectivity index (χ3v) is 3.61. The topological polar surface area (TPSA) is 38.5 Å². The second-order valence-corrected chi connectivity index (χ2v) is 5.14. The van der Waals surface area contributed by atoms with E-state index in [1.807, 2.05) is 6.07 Å². The summed E-state index contributed by atoms with van der Waals surface area (Å²) in [6.45, 7) is 7.41. The fraction of sp³-hybridized carbons (Fsp3) is 0.571. The van der Waals surface area contributed by atoms with Crippen molar-refractivity contribution in [3.63, 3.8) is 0 Å². The van der Waals surface area contributed by atoms with Crippen molar-refractivity contribution >= 4 is 12.4 Å². The molecule has 0 saturated carbocycles. The molecule has 2 N–H and O–H groups in total. The molecule has 0 bridgehead atoms. The Morgan fingerprint density at radius 1 is 1.39 bits per heavy atom. The Morgan fingerprint density at radius 3 is 2.61 bits per heavy atom. The van der Waals surface area contributed by atoms with E-state index in [9.17, 15) is 0 Å². The second-order valence-electron chi connectivity index (χ2n) is 5.14. The second kappa shape index (κ2) is 6.41. The van der Waals surface area contributed by atoms with Crippen LogP contribution in [-0.4, -0.2) is 31.1 Å². The number of methoxy groups -OCH3 is 1. The van der Waals surface area contributed by atoms with Crippen LogP contribution in [0.15, 0.2) is 18.2 Å². The van der Waals surface area contributed by atoms with Gasteiger partial charge in [-0.25, -0.2) is 0 Å². The Kier molecular flexibility index (Phi) is 5.45. The molecule has 1 heterocycles. The van der Waals surface area contributed by atoms with Gasteiger partial charge in [0.05, 0.1) is 7.11 Å². The molecule has 1 aliphatic rings. The van der Waals surface area contributed by atoms with Crippen molar-refractivity contribution in [2.45, 2.75) is 26.4 Å².